The lowest BCUT2D eigenvalue weighted by Crippen LogP contribution is -2.23. The van der Waals surface area contributed by atoms with Crippen molar-refractivity contribution in [2.24, 2.45) is 0 Å². The minimum Gasteiger partial charge on any atom is -0.493 e. The molecule has 0 bridgehead atoms. The van der Waals surface area contributed by atoms with Crippen LogP contribution in [-0.4, -0.2) is 28.8 Å². The Kier molecular flexibility index (Phi) is 5.76. The molecule has 0 unspecified atom stereocenters. The Bertz CT molecular complexity index is 1360. The van der Waals surface area contributed by atoms with Crippen LogP contribution in [0.4, 0.5) is 0 Å². The molecule has 2 heterocycles. The summed E-state index contributed by atoms with van der Waals surface area (Å²) in [6.45, 7) is 0. The van der Waals surface area contributed by atoms with E-state index in [1.54, 1.807) is 44.6 Å². The Morgan fingerprint density at radius 1 is 1.03 bits per heavy atom. The normalized spacial score (nSPS) is 12.2. The van der Waals surface area contributed by atoms with Crippen molar-refractivity contribution in [3.05, 3.63) is 78.3 Å². The summed E-state index contributed by atoms with van der Waals surface area (Å²) in [6, 6.07) is 10.7. The molecule has 0 aliphatic carbocycles. The molecule has 0 N–H and O–H groups in total. The monoisotopic (exact) mass is 459 g/mol. The average molecular weight is 460 g/mol. The highest BCUT2D eigenvalue weighted by Crippen LogP contribution is 2.28. The molecule has 0 fully saturated rings. The summed E-state index contributed by atoms with van der Waals surface area (Å²) in [5, 5.41) is 5.23. The van der Waals surface area contributed by atoms with E-state index >= 15 is 0 Å². The van der Waals surface area contributed by atoms with Crippen LogP contribution in [0.15, 0.2) is 41.2 Å². The molecule has 2 aromatic carbocycles. The van der Waals surface area contributed by atoms with Gasteiger partial charge < -0.3 is 9.47 Å². The number of methoxy groups -OCH3 is 2. The molecule has 0 spiro atoms. The van der Waals surface area contributed by atoms with Crippen LogP contribution in [0, 0.1) is 0 Å². The van der Waals surface area contributed by atoms with Gasteiger partial charge in [0.15, 0.2) is 17.3 Å². The van der Waals surface area contributed by atoms with E-state index in [2.05, 4.69) is 10.1 Å². The first-order valence-electron chi connectivity index (χ1n) is 8.75. The highest BCUT2D eigenvalue weighted by molar-refractivity contribution is 7.15. The largest absolute Gasteiger partial charge is 0.493 e. The van der Waals surface area contributed by atoms with E-state index in [-0.39, 0.29) is 5.56 Å². The van der Waals surface area contributed by atoms with E-state index in [4.69, 9.17) is 32.7 Å². The molecule has 0 amide bonds. The predicted molar refractivity (Wildman–Crippen MR) is 121 cm³/mol. The molecule has 30 heavy (non-hydrogen) atoms. The van der Waals surface area contributed by atoms with Gasteiger partial charge >= 0.3 is 0 Å². The van der Waals surface area contributed by atoms with Crippen LogP contribution in [0.25, 0.3) is 23.2 Å². The fourth-order valence-electron chi connectivity index (χ4n) is 2.83. The number of nitrogens with zero attached hydrogens (tertiary/aromatic N) is 3. The van der Waals surface area contributed by atoms with E-state index in [1.807, 2.05) is 24.3 Å². The lowest BCUT2D eigenvalue weighted by molar-refractivity contribution is 0.355. The van der Waals surface area contributed by atoms with E-state index in [0.29, 0.717) is 42.4 Å². The molecule has 0 radical (unpaired) electrons. The van der Waals surface area contributed by atoms with Gasteiger partial charge in [-0.2, -0.15) is 9.50 Å². The van der Waals surface area contributed by atoms with E-state index in [0.717, 1.165) is 5.56 Å². The zero-order valence-electron chi connectivity index (χ0n) is 15.9. The molecule has 9 heteroatoms. The molecule has 0 saturated carbocycles. The highest BCUT2D eigenvalue weighted by Gasteiger charge is 2.11. The predicted octanol–water partition coefficient (Wildman–Crippen LogP) is 4.19. The van der Waals surface area contributed by atoms with Crippen LogP contribution < -0.4 is 19.6 Å². The van der Waals surface area contributed by atoms with Gasteiger partial charge in [0.25, 0.3) is 5.56 Å². The van der Waals surface area contributed by atoms with Gasteiger partial charge in [-0.1, -0.05) is 52.7 Å². The fourth-order valence-corrected chi connectivity index (χ4v) is 4.23. The Labute approximate surface area is 185 Å². The maximum Gasteiger partial charge on any atom is 0.291 e. The first-order valence-corrected chi connectivity index (χ1v) is 10.3. The third-order valence-electron chi connectivity index (χ3n) is 4.31. The molecule has 2 aromatic heterocycles. The Morgan fingerprint density at radius 3 is 2.43 bits per heavy atom. The number of benzene rings is 2. The number of hydrogen-bond donors (Lipinski definition) is 0. The van der Waals surface area contributed by atoms with Gasteiger partial charge in [-0.15, -0.1) is 5.10 Å². The summed E-state index contributed by atoms with van der Waals surface area (Å²) in [5.41, 5.74) is 1.20. The van der Waals surface area contributed by atoms with Crippen molar-refractivity contribution in [3.63, 3.8) is 0 Å². The van der Waals surface area contributed by atoms with Gasteiger partial charge in [-0.25, -0.2) is 0 Å². The van der Waals surface area contributed by atoms with Crippen molar-refractivity contribution >= 4 is 57.7 Å². The topological polar surface area (TPSA) is 65.7 Å². The van der Waals surface area contributed by atoms with Gasteiger partial charge in [-0.05, 0) is 42.0 Å². The molecule has 0 aliphatic rings. The molecule has 4 rings (SSSR count). The molecular formula is C21H15Cl2N3O3S. The van der Waals surface area contributed by atoms with Crippen molar-refractivity contribution in [2.45, 2.75) is 0 Å². The number of fused-ring (bicyclic) bond motifs is 1. The van der Waals surface area contributed by atoms with Gasteiger partial charge in [0.2, 0.25) is 4.96 Å². The summed E-state index contributed by atoms with van der Waals surface area (Å²) in [4.78, 5) is 17.6. The first kappa shape index (κ1) is 20.4. The molecule has 6 nitrogen and oxygen atoms in total. The zero-order chi connectivity index (χ0) is 21.3. The second-order valence-electron chi connectivity index (χ2n) is 6.16. The Balaban J connectivity index is 1.67. The van der Waals surface area contributed by atoms with Gasteiger partial charge in [0.1, 0.15) is 0 Å². The highest BCUT2D eigenvalue weighted by atomic mass is 35.5. The summed E-state index contributed by atoms with van der Waals surface area (Å²) < 4.78 is 12.3. The Morgan fingerprint density at radius 2 is 1.77 bits per heavy atom. The Hall–Kier alpha value is -2.87. The van der Waals surface area contributed by atoms with Crippen molar-refractivity contribution in [1.29, 1.82) is 0 Å². The molecule has 152 valence electrons. The maximum absolute atomic E-state index is 12.7. The van der Waals surface area contributed by atoms with Crippen molar-refractivity contribution in [1.82, 2.24) is 14.6 Å². The number of hydrogen-bond acceptors (Lipinski definition) is 6. The third kappa shape index (κ3) is 3.92. The van der Waals surface area contributed by atoms with Crippen molar-refractivity contribution in [3.8, 4) is 11.5 Å². The van der Waals surface area contributed by atoms with Crippen LogP contribution >= 0.6 is 34.5 Å². The average Bonchev–Trinajstić information content (AvgIpc) is 3.27. The standard InChI is InChI=1S/C21H15Cl2N3O3S/c1-28-16-8-6-12(10-17(16)29-2)7-9-19-24-21-26(25-19)20(27)18(30-21)11-13-14(22)4-3-5-15(13)23/h3-11H,1-2H3/b9-7+,18-11-. The molecule has 0 atom stereocenters. The lowest BCUT2D eigenvalue weighted by Gasteiger charge is -2.07. The maximum atomic E-state index is 12.7. The van der Waals surface area contributed by atoms with Gasteiger partial charge in [-0.3, -0.25) is 4.79 Å². The number of thiazole rings is 1. The fraction of sp³-hybridized carbons (Fsp3) is 0.0952. The van der Waals surface area contributed by atoms with Gasteiger partial charge in [0, 0.05) is 15.6 Å². The third-order valence-corrected chi connectivity index (χ3v) is 5.92. The molecule has 0 aliphatic heterocycles. The number of halogens is 2. The van der Waals surface area contributed by atoms with Crippen LogP contribution in [0.1, 0.15) is 17.0 Å². The number of ether oxygens (including phenoxy) is 2. The summed E-state index contributed by atoms with van der Waals surface area (Å²) >= 11 is 13.6. The second-order valence-corrected chi connectivity index (χ2v) is 7.99. The van der Waals surface area contributed by atoms with Crippen molar-refractivity contribution < 1.29 is 9.47 Å². The van der Waals surface area contributed by atoms with Crippen molar-refractivity contribution in [2.75, 3.05) is 14.2 Å². The summed E-state index contributed by atoms with van der Waals surface area (Å²) in [6.07, 6.45) is 5.23. The minimum atomic E-state index is -0.274. The van der Waals surface area contributed by atoms with Crippen LogP contribution in [-0.2, 0) is 0 Å². The SMILES string of the molecule is COc1ccc(/C=C/c2nc3s/c(=C\c4c(Cl)cccc4Cl)c(=O)n3n2)cc1OC. The van der Waals surface area contributed by atoms with Gasteiger partial charge in [0.05, 0.1) is 18.8 Å². The van der Waals surface area contributed by atoms with Crippen LogP contribution in [0.5, 0.6) is 11.5 Å². The van der Waals surface area contributed by atoms with E-state index in [9.17, 15) is 4.79 Å². The summed E-state index contributed by atoms with van der Waals surface area (Å²) in [7, 11) is 3.16. The van der Waals surface area contributed by atoms with Crippen LogP contribution in [0.2, 0.25) is 10.0 Å². The number of rotatable bonds is 5. The summed E-state index contributed by atoms with van der Waals surface area (Å²) in [5.74, 6) is 1.70. The minimum absolute atomic E-state index is 0.274. The second kappa shape index (κ2) is 8.47. The molecule has 0 saturated heterocycles. The zero-order valence-corrected chi connectivity index (χ0v) is 18.3. The quantitative estimate of drug-likeness (QED) is 0.447. The smallest absolute Gasteiger partial charge is 0.291 e. The van der Waals surface area contributed by atoms with Crippen LogP contribution in [0.3, 0.4) is 0 Å². The van der Waals surface area contributed by atoms with E-state index in [1.165, 1.54) is 15.9 Å². The first-order chi connectivity index (χ1) is 14.5. The lowest BCUT2D eigenvalue weighted by atomic mass is 10.2. The van der Waals surface area contributed by atoms with E-state index < -0.39 is 0 Å². The number of aromatic nitrogens is 3. The molecule has 4 aromatic rings. The molecular weight excluding hydrogens is 445 g/mol.